The monoisotopic (exact) mass is 247 g/mol. The topological polar surface area (TPSA) is 76.7 Å². The second-order valence-corrected chi connectivity index (χ2v) is 4.78. The van der Waals surface area contributed by atoms with Gasteiger partial charge in [0.05, 0.1) is 11.7 Å². The highest BCUT2D eigenvalue weighted by molar-refractivity contribution is 7.03. The lowest BCUT2D eigenvalue weighted by atomic mass is 9.95. The van der Waals surface area contributed by atoms with E-state index in [1.165, 1.54) is 17.1 Å². The first-order chi connectivity index (χ1) is 8.40. The molecular weight excluding hydrogens is 234 g/mol. The Kier molecular flexibility index (Phi) is 2.84. The maximum Gasteiger partial charge on any atom is 0.0945 e. The van der Waals surface area contributed by atoms with E-state index in [1.807, 2.05) is 17.6 Å². The lowest BCUT2D eigenvalue weighted by Crippen LogP contribution is -2.32. The van der Waals surface area contributed by atoms with Gasteiger partial charge in [0.15, 0.2) is 0 Å². The van der Waals surface area contributed by atoms with E-state index in [2.05, 4.69) is 26.1 Å². The summed E-state index contributed by atoms with van der Waals surface area (Å²) in [5, 5.41) is 6.04. The van der Waals surface area contributed by atoms with Gasteiger partial charge in [-0.15, -0.1) is 5.10 Å². The molecule has 0 amide bonds. The summed E-state index contributed by atoms with van der Waals surface area (Å²) in [5.41, 5.74) is 6.22. The van der Waals surface area contributed by atoms with Crippen molar-refractivity contribution in [3.63, 3.8) is 0 Å². The van der Waals surface area contributed by atoms with Gasteiger partial charge in [-0.25, -0.2) is 0 Å². The molecule has 5 nitrogen and oxygen atoms in total. The van der Waals surface area contributed by atoms with Crippen molar-refractivity contribution in [2.45, 2.75) is 24.8 Å². The molecule has 2 aromatic heterocycles. The van der Waals surface area contributed by atoms with Gasteiger partial charge in [-0.2, -0.15) is 0 Å². The van der Waals surface area contributed by atoms with Crippen molar-refractivity contribution in [1.29, 1.82) is 0 Å². The highest BCUT2D eigenvalue weighted by atomic mass is 32.1. The van der Waals surface area contributed by atoms with E-state index >= 15 is 0 Å². The molecule has 0 spiro atoms. The Morgan fingerprint density at radius 3 is 3.24 bits per heavy atom. The lowest BCUT2D eigenvalue weighted by Gasteiger charge is -2.20. The standard InChI is InChI=1S/C11H13N5S/c12-14-11(9-6-17-16-15-9)8-4-3-7-2-1-5-13-10(7)8/h1-2,5-6,8,11,14H,3-4,12H2. The minimum Gasteiger partial charge on any atom is -0.271 e. The molecule has 88 valence electrons. The molecule has 2 heterocycles. The highest BCUT2D eigenvalue weighted by Crippen LogP contribution is 2.39. The van der Waals surface area contributed by atoms with Crippen molar-refractivity contribution in [1.82, 2.24) is 20.0 Å². The third-order valence-corrected chi connectivity index (χ3v) is 3.80. The molecular formula is C11H13N5S. The number of hydrogen-bond donors (Lipinski definition) is 2. The van der Waals surface area contributed by atoms with Crippen molar-refractivity contribution >= 4 is 11.5 Å². The van der Waals surface area contributed by atoms with Gasteiger partial charge in [-0.3, -0.25) is 16.3 Å². The van der Waals surface area contributed by atoms with E-state index < -0.39 is 0 Å². The minimum absolute atomic E-state index is 0.00454. The molecule has 6 heteroatoms. The number of nitrogens with one attached hydrogen (secondary N) is 1. The summed E-state index contributed by atoms with van der Waals surface area (Å²) in [5.74, 6) is 5.95. The first kappa shape index (κ1) is 10.8. The first-order valence-corrected chi connectivity index (χ1v) is 6.40. The maximum atomic E-state index is 5.66. The van der Waals surface area contributed by atoms with Crippen LogP contribution in [0.5, 0.6) is 0 Å². The molecule has 0 saturated heterocycles. The predicted molar refractivity (Wildman–Crippen MR) is 65.3 cm³/mol. The van der Waals surface area contributed by atoms with Crippen molar-refractivity contribution in [3.8, 4) is 0 Å². The number of rotatable bonds is 3. The van der Waals surface area contributed by atoms with Crippen LogP contribution in [0, 0.1) is 0 Å². The van der Waals surface area contributed by atoms with Gasteiger partial charge in [0.1, 0.15) is 0 Å². The molecule has 0 aromatic carbocycles. The quantitative estimate of drug-likeness (QED) is 0.629. The Balaban J connectivity index is 1.95. The van der Waals surface area contributed by atoms with Gasteiger partial charge in [0.2, 0.25) is 0 Å². The third-order valence-electron chi connectivity index (χ3n) is 3.28. The largest absolute Gasteiger partial charge is 0.271 e. The van der Waals surface area contributed by atoms with Crippen LogP contribution in [0.15, 0.2) is 23.7 Å². The Morgan fingerprint density at radius 1 is 1.53 bits per heavy atom. The molecule has 17 heavy (non-hydrogen) atoms. The molecule has 0 aliphatic heterocycles. The fourth-order valence-electron chi connectivity index (χ4n) is 2.48. The summed E-state index contributed by atoms with van der Waals surface area (Å²) < 4.78 is 3.89. The predicted octanol–water partition coefficient (Wildman–Crippen LogP) is 1.17. The van der Waals surface area contributed by atoms with Crippen molar-refractivity contribution in [2.24, 2.45) is 5.84 Å². The lowest BCUT2D eigenvalue weighted by molar-refractivity contribution is 0.437. The van der Waals surface area contributed by atoms with Crippen molar-refractivity contribution in [3.05, 3.63) is 40.7 Å². The number of aryl methyl sites for hydroxylation is 1. The van der Waals surface area contributed by atoms with Crippen LogP contribution in [0.2, 0.25) is 0 Å². The van der Waals surface area contributed by atoms with Crippen LogP contribution in [0.3, 0.4) is 0 Å². The van der Waals surface area contributed by atoms with Crippen LogP contribution in [0.1, 0.15) is 35.3 Å². The molecule has 2 atom stereocenters. The molecule has 0 fully saturated rings. The van der Waals surface area contributed by atoms with Crippen molar-refractivity contribution < 1.29 is 0 Å². The summed E-state index contributed by atoms with van der Waals surface area (Å²) in [6.07, 6.45) is 3.95. The number of nitrogens with zero attached hydrogens (tertiary/aromatic N) is 3. The van der Waals surface area contributed by atoms with Crippen molar-refractivity contribution in [2.75, 3.05) is 0 Å². The Hall–Kier alpha value is -1.37. The summed E-state index contributed by atoms with van der Waals surface area (Å²) in [6.45, 7) is 0. The third kappa shape index (κ3) is 1.84. The number of hydrogen-bond acceptors (Lipinski definition) is 6. The average Bonchev–Trinajstić information content (AvgIpc) is 3.01. The normalized spacial score (nSPS) is 20.2. The van der Waals surface area contributed by atoms with Crippen LogP contribution >= 0.6 is 11.5 Å². The first-order valence-electron chi connectivity index (χ1n) is 5.57. The number of hydrazine groups is 1. The van der Waals surface area contributed by atoms with Gasteiger partial charge in [-0.05, 0) is 36.0 Å². The number of fused-ring (bicyclic) bond motifs is 1. The van der Waals surface area contributed by atoms with Gasteiger partial charge in [0.25, 0.3) is 0 Å². The van der Waals surface area contributed by atoms with Crippen LogP contribution < -0.4 is 11.3 Å². The Labute approximate surface area is 103 Å². The van der Waals surface area contributed by atoms with Crippen LogP contribution in [0.25, 0.3) is 0 Å². The van der Waals surface area contributed by atoms with Gasteiger partial charge >= 0.3 is 0 Å². The molecule has 0 saturated carbocycles. The summed E-state index contributed by atoms with van der Waals surface area (Å²) in [7, 11) is 0. The molecule has 1 aliphatic rings. The van der Waals surface area contributed by atoms with Crippen LogP contribution in [-0.2, 0) is 6.42 Å². The van der Waals surface area contributed by atoms with E-state index in [0.29, 0.717) is 5.92 Å². The zero-order valence-corrected chi connectivity index (χ0v) is 10.0. The van der Waals surface area contributed by atoms with Gasteiger partial charge < -0.3 is 0 Å². The van der Waals surface area contributed by atoms with E-state index in [0.717, 1.165) is 24.2 Å². The second kappa shape index (κ2) is 4.48. The number of aromatic nitrogens is 3. The van der Waals surface area contributed by atoms with E-state index in [1.54, 1.807) is 0 Å². The molecule has 1 aliphatic carbocycles. The Morgan fingerprint density at radius 2 is 2.47 bits per heavy atom. The van der Waals surface area contributed by atoms with E-state index in [9.17, 15) is 0 Å². The molecule has 0 radical (unpaired) electrons. The van der Waals surface area contributed by atoms with E-state index in [4.69, 9.17) is 5.84 Å². The molecule has 2 unspecified atom stereocenters. The molecule has 2 aromatic rings. The van der Waals surface area contributed by atoms with Gasteiger partial charge in [-0.1, -0.05) is 10.6 Å². The number of pyridine rings is 1. The molecule has 0 bridgehead atoms. The fraction of sp³-hybridized carbons (Fsp3) is 0.364. The smallest absolute Gasteiger partial charge is 0.0945 e. The fourth-order valence-corrected chi connectivity index (χ4v) is 2.97. The molecule has 3 rings (SSSR count). The van der Waals surface area contributed by atoms with Crippen LogP contribution in [-0.4, -0.2) is 14.6 Å². The molecule has 3 N–H and O–H groups in total. The zero-order valence-electron chi connectivity index (χ0n) is 9.21. The van der Waals surface area contributed by atoms with Gasteiger partial charge in [0, 0.05) is 23.2 Å². The van der Waals surface area contributed by atoms with Crippen LogP contribution in [0.4, 0.5) is 0 Å². The Bertz CT molecular complexity index is 498. The summed E-state index contributed by atoms with van der Waals surface area (Å²) in [4.78, 5) is 4.48. The highest BCUT2D eigenvalue weighted by Gasteiger charge is 2.32. The average molecular weight is 247 g/mol. The summed E-state index contributed by atoms with van der Waals surface area (Å²) in [6, 6.07) is 4.12. The SMILES string of the molecule is NNC(c1csnn1)C1CCc2cccnc21. The second-order valence-electron chi connectivity index (χ2n) is 4.17. The summed E-state index contributed by atoms with van der Waals surface area (Å²) >= 11 is 1.35. The number of nitrogens with two attached hydrogens (primary N) is 1. The van der Waals surface area contributed by atoms with E-state index in [-0.39, 0.29) is 6.04 Å². The zero-order chi connectivity index (χ0) is 11.7. The maximum absolute atomic E-state index is 5.66. The minimum atomic E-state index is 0.00454.